The highest BCUT2D eigenvalue weighted by molar-refractivity contribution is 7.99. The van der Waals surface area contributed by atoms with Crippen LogP contribution in [-0.4, -0.2) is 51.2 Å². The Morgan fingerprint density at radius 1 is 1.10 bits per heavy atom. The van der Waals surface area contributed by atoms with Gasteiger partial charge in [-0.2, -0.15) is 0 Å². The predicted molar refractivity (Wildman–Crippen MR) is 128 cm³/mol. The van der Waals surface area contributed by atoms with E-state index >= 15 is 0 Å². The monoisotopic (exact) mass is 444 g/mol. The standard InChI is InChI=1S/C24H32N2O4S/c1-4-29-22-15-21(26-10-12-28-13-11-26)23(30-5-2)14-20(22)25-24(27)17-31-16-19-9-7-6-8-18(19)3/h6-9,14-15H,4-5,10-13,16-17H2,1-3H3,(H,25,27). The fourth-order valence-electron chi connectivity index (χ4n) is 3.46. The third-order valence-electron chi connectivity index (χ3n) is 5.04. The number of benzene rings is 2. The Labute approximate surface area is 189 Å². The van der Waals surface area contributed by atoms with Crippen molar-refractivity contribution < 1.29 is 19.0 Å². The van der Waals surface area contributed by atoms with Gasteiger partial charge in [-0.05, 0) is 31.9 Å². The van der Waals surface area contributed by atoms with Crippen molar-refractivity contribution in [2.24, 2.45) is 0 Å². The molecule has 0 unspecified atom stereocenters. The number of anilines is 2. The molecule has 1 amide bonds. The lowest BCUT2D eigenvalue weighted by molar-refractivity contribution is -0.113. The summed E-state index contributed by atoms with van der Waals surface area (Å²) in [5.41, 5.74) is 4.11. The zero-order valence-corrected chi connectivity index (χ0v) is 19.4. The average molecular weight is 445 g/mol. The Hall–Kier alpha value is -2.38. The summed E-state index contributed by atoms with van der Waals surface area (Å²) in [6.07, 6.45) is 0. The number of thioether (sulfide) groups is 1. The van der Waals surface area contributed by atoms with Crippen LogP contribution in [0.2, 0.25) is 0 Å². The van der Waals surface area contributed by atoms with Crippen LogP contribution in [0.3, 0.4) is 0 Å². The molecule has 3 rings (SSSR count). The Bertz CT molecular complexity index is 869. The van der Waals surface area contributed by atoms with Crippen LogP contribution in [0, 0.1) is 6.92 Å². The molecule has 0 aromatic heterocycles. The molecule has 0 bridgehead atoms. The molecule has 0 spiro atoms. The smallest absolute Gasteiger partial charge is 0.234 e. The highest BCUT2D eigenvalue weighted by Gasteiger charge is 2.20. The summed E-state index contributed by atoms with van der Waals surface area (Å²) in [5, 5.41) is 3.02. The molecule has 1 N–H and O–H groups in total. The van der Waals surface area contributed by atoms with Crippen LogP contribution in [0.15, 0.2) is 36.4 Å². The number of hydrogen-bond donors (Lipinski definition) is 1. The molecule has 0 aliphatic carbocycles. The first-order valence-corrected chi connectivity index (χ1v) is 12.0. The largest absolute Gasteiger partial charge is 0.492 e. The van der Waals surface area contributed by atoms with Crippen molar-refractivity contribution in [2.45, 2.75) is 26.5 Å². The van der Waals surface area contributed by atoms with Crippen molar-refractivity contribution in [2.75, 3.05) is 55.5 Å². The van der Waals surface area contributed by atoms with Crippen LogP contribution >= 0.6 is 11.8 Å². The first kappa shape index (κ1) is 23.3. The molecule has 1 aliphatic rings. The SMILES string of the molecule is CCOc1cc(N2CCOCC2)c(OCC)cc1NC(=O)CSCc1ccccc1C. The molecule has 6 nitrogen and oxygen atoms in total. The number of morpholine rings is 1. The van der Waals surface area contributed by atoms with E-state index in [-0.39, 0.29) is 5.91 Å². The van der Waals surface area contributed by atoms with Crippen LogP contribution in [0.5, 0.6) is 11.5 Å². The van der Waals surface area contributed by atoms with Gasteiger partial charge in [0.2, 0.25) is 5.91 Å². The van der Waals surface area contributed by atoms with E-state index in [1.54, 1.807) is 11.8 Å². The lowest BCUT2D eigenvalue weighted by Gasteiger charge is -2.31. The van der Waals surface area contributed by atoms with Crippen LogP contribution in [0.25, 0.3) is 0 Å². The molecular weight excluding hydrogens is 412 g/mol. The molecule has 2 aromatic carbocycles. The third-order valence-corrected chi connectivity index (χ3v) is 6.02. The summed E-state index contributed by atoms with van der Waals surface area (Å²) in [6.45, 7) is 10.0. The number of nitrogens with zero attached hydrogens (tertiary/aromatic N) is 1. The molecule has 7 heteroatoms. The van der Waals surface area contributed by atoms with Crippen LogP contribution in [0.4, 0.5) is 11.4 Å². The first-order chi connectivity index (χ1) is 15.1. The molecular formula is C24H32N2O4S. The average Bonchev–Trinajstić information content (AvgIpc) is 2.77. The Kier molecular flexibility index (Phi) is 8.91. The highest BCUT2D eigenvalue weighted by atomic mass is 32.2. The number of nitrogens with one attached hydrogen (secondary N) is 1. The molecule has 0 radical (unpaired) electrons. The summed E-state index contributed by atoms with van der Waals surface area (Å²) in [6, 6.07) is 12.1. The number of rotatable bonds is 10. The quantitative estimate of drug-likeness (QED) is 0.582. The molecule has 0 saturated carbocycles. The van der Waals surface area contributed by atoms with Gasteiger partial charge in [-0.15, -0.1) is 11.8 Å². The Morgan fingerprint density at radius 3 is 2.52 bits per heavy atom. The van der Waals surface area contributed by atoms with Gasteiger partial charge in [0.25, 0.3) is 0 Å². The van der Waals surface area contributed by atoms with Gasteiger partial charge in [-0.1, -0.05) is 24.3 Å². The minimum absolute atomic E-state index is 0.0545. The van der Waals surface area contributed by atoms with Gasteiger partial charge in [0.1, 0.15) is 11.5 Å². The van der Waals surface area contributed by atoms with Crippen molar-refractivity contribution in [3.05, 3.63) is 47.5 Å². The van der Waals surface area contributed by atoms with Crippen molar-refractivity contribution in [3.8, 4) is 11.5 Å². The molecule has 1 fully saturated rings. The molecule has 0 atom stereocenters. The second-order valence-electron chi connectivity index (χ2n) is 7.25. The normalized spacial score (nSPS) is 13.7. The Balaban J connectivity index is 1.71. The molecule has 1 aliphatic heterocycles. The number of aryl methyl sites for hydroxylation is 1. The zero-order chi connectivity index (χ0) is 22.1. The van der Waals surface area contributed by atoms with Crippen LogP contribution in [0.1, 0.15) is 25.0 Å². The second kappa shape index (κ2) is 11.9. The Morgan fingerprint density at radius 2 is 1.81 bits per heavy atom. The van der Waals surface area contributed by atoms with E-state index < -0.39 is 0 Å². The van der Waals surface area contributed by atoms with Crippen molar-refractivity contribution in [3.63, 3.8) is 0 Å². The molecule has 31 heavy (non-hydrogen) atoms. The highest BCUT2D eigenvalue weighted by Crippen LogP contribution is 2.39. The van der Waals surface area contributed by atoms with Gasteiger partial charge in [-0.25, -0.2) is 0 Å². The van der Waals surface area contributed by atoms with E-state index in [4.69, 9.17) is 14.2 Å². The number of carbonyl (C=O) groups excluding carboxylic acids is 1. The van der Waals surface area contributed by atoms with E-state index in [0.29, 0.717) is 43.6 Å². The topological polar surface area (TPSA) is 60.0 Å². The van der Waals surface area contributed by atoms with Crippen LogP contribution < -0.4 is 19.7 Å². The summed E-state index contributed by atoms with van der Waals surface area (Å²) in [5.74, 6) is 2.52. The molecule has 2 aromatic rings. The van der Waals surface area contributed by atoms with Gasteiger partial charge in [-0.3, -0.25) is 4.79 Å². The molecule has 1 saturated heterocycles. The van der Waals surface area contributed by atoms with Gasteiger partial charge in [0.15, 0.2) is 0 Å². The second-order valence-corrected chi connectivity index (χ2v) is 8.23. The van der Waals surface area contributed by atoms with Crippen LogP contribution in [-0.2, 0) is 15.3 Å². The lowest BCUT2D eigenvalue weighted by Crippen LogP contribution is -2.36. The van der Waals surface area contributed by atoms with Crippen molar-refractivity contribution in [1.29, 1.82) is 0 Å². The summed E-state index contributed by atoms with van der Waals surface area (Å²) in [7, 11) is 0. The van der Waals surface area contributed by atoms with Gasteiger partial charge in [0, 0.05) is 31.0 Å². The fraction of sp³-hybridized carbons (Fsp3) is 0.458. The van der Waals surface area contributed by atoms with Gasteiger partial charge in [0.05, 0.1) is 43.6 Å². The maximum Gasteiger partial charge on any atom is 0.234 e. The van der Waals surface area contributed by atoms with Crippen molar-refractivity contribution in [1.82, 2.24) is 0 Å². The predicted octanol–water partition coefficient (Wildman–Crippen LogP) is 4.50. The summed E-state index contributed by atoms with van der Waals surface area (Å²) in [4.78, 5) is 14.9. The van der Waals surface area contributed by atoms with E-state index in [9.17, 15) is 4.79 Å². The molecule has 168 valence electrons. The van der Waals surface area contributed by atoms with Gasteiger partial charge >= 0.3 is 0 Å². The number of carbonyl (C=O) groups is 1. The number of amides is 1. The zero-order valence-electron chi connectivity index (χ0n) is 18.6. The minimum Gasteiger partial charge on any atom is -0.492 e. The summed E-state index contributed by atoms with van der Waals surface area (Å²) >= 11 is 1.60. The molecule has 1 heterocycles. The van der Waals surface area contributed by atoms with Gasteiger partial charge < -0.3 is 24.4 Å². The maximum atomic E-state index is 12.6. The summed E-state index contributed by atoms with van der Waals surface area (Å²) < 4.78 is 17.2. The lowest BCUT2D eigenvalue weighted by atomic mass is 10.1. The van der Waals surface area contributed by atoms with E-state index in [0.717, 1.165) is 30.3 Å². The van der Waals surface area contributed by atoms with E-state index in [1.807, 2.05) is 38.1 Å². The number of ether oxygens (including phenoxy) is 3. The maximum absolute atomic E-state index is 12.6. The van der Waals surface area contributed by atoms with Crippen molar-refractivity contribution >= 4 is 29.0 Å². The third kappa shape index (κ3) is 6.55. The minimum atomic E-state index is -0.0545. The van der Waals surface area contributed by atoms with E-state index in [2.05, 4.69) is 29.3 Å². The van der Waals surface area contributed by atoms with E-state index in [1.165, 1.54) is 11.1 Å². The number of hydrogen-bond acceptors (Lipinski definition) is 6. The first-order valence-electron chi connectivity index (χ1n) is 10.8. The fourth-order valence-corrected chi connectivity index (χ4v) is 4.36.